The molecule has 1 atom stereocenters. The zero-order valence-electron chi connectivity index (χ0n) is 18.2. The molecule has 1 aliphatic rings. The number of halogens is 6. The Morgan fingerprint density at radius 2 is 1.86 bits per heavy atom. The SMILES string of the molecule is O=C(O)CC1CCCCN1C(=O)c1ccc(Cl)c(Cn2ccc3cc(C(F)(F)F)cc(F)c32)c1Cl. The molecule has 3 aromatic rings. The molecule has 1 fully saturated rings. The predicted octanol–water partition coefficient (Wildman–Crippen LogP) is 6.62. The number of nitrogens with zero attached hydrogens (tertiary/aromatic N) is 2. The molecule has 2 heterocycles. The lowest BCUT2D eigenvalue weighted by molar-refractivity contribution is -0.139. The molecule has 0 aliphatic carbocycles. The van der Waals surface area contributed by atoms with Crippen LogP contribution in [0.1, 0.15) is 47.2 Å². The minimum atomic E-state index is -4.69. The number of benzene rings is 2. The summed E-state index contributed by atoms with van der Waals surface area (Å²) in [7, 11) is 0. The molecule has 5 nitrogen and oxygen atoms in total. The van der Waals surface area contributed by atoms with Crippen LogP contribution in [0, 0.1) is 5.82 Å². The molecule has 4 rings (SSSR count). The molecule has 1 aliphatic heterocycles. The van der Waals surface area contributed by atoms with Crippen LogP contribution in [0.25, 0.3) is 10.9 Å². The van der Waals surface area contributed by atoms with Crippen molar-refractivity contribution in [1.29, 1.82) is 0 Å². The fourth-order valence-corrected chi connectivity index (χ4v) is 5.08. The normalized spacial score (nSPS) is 16.6. The van der Waals surface area contributed by atoms with Gasteiger partial charge in [0, 0.05) is 34.8 Å². The molecule has 0 saturated carbocycles. The smallest absolute Gasteiger partial charge is 0.416 e. The van der Waals surface area contributed by atoms with E-state index in [0.717, 1.165) is 18.9 Å². The second kappa shape index (κ2) is 9.70. The maximum absolute atomic E-state index is 14.7. The number of likely N-dealkylation sites (tertiary alicyclic amines) is 1. The number of amides is 1. The Kier molecular flexibility index (Phi) is 7.02. The van der Waals surface area contributed by atoms with Crippen molar-refractivity contribution in [3.05, 3.63) is 69.1 Å². The summed E-state index contributed by atoms with van der Waals surface area (Å²) < 4.78 is 55.2. The second-order valence-electron chi connectivity index (χ2n) is 8.47. The van der Waals surface area contributed by atoms with Crippen LogP contribution in [0.2, 0.25) is 10.0 Å². The summed E-state index contributed by atoms with van der Waals surface area (Å²) in [6.07, 6.45) is -1.35. The van der Waals surface area contributed by atoms with Crippen molar-refractivity contribution >= 4 is 46.0 Å². The van der Waals surface area contributed by atoms with Crippen molar-refractivity contribution in [2.45, 2.75) is 44.4 Å². The van der Waals surface area contributed by atoms with Crippen LogP contribution in [-0.2, 0) is 17.5 Å². The lowest BCUT2D eigenvalue weighted by atomic mass is 9.97. The summed E-state index contributed by atoms with van der Waals surface area (Å²) >= 11 is 12.9. The first-order chi connectivity index (χ1) is 16.5. The van der Waals surface area contributed by atoms with Gasteiger partial charge in [-0.15, -0.1) is 0 Å². The quantitative estimate of drug-likeness (QED) is 0.377. The van der Waals surface area contributed by atoms with E-state index in [-0.39, 0.29) is 39.5 Å². The van der Waals surface area contributed by atoms with Gasteiger partial charge >= 0.3 is 12.1 Å². The average Bonchev–Trinajstić information content (AvgIpc) is 3.19. The number of aromatic nitrogens is 1. The van der Waals surface area contributed by atoms with Gasteiger partial charge in [-0.25, -0.2) is 4.39 Å². The van der Waals surface area contributed by atoms with Gasteiger partial charge < -0.3 is 14.6 Å². The molecule has 1 amide bonds. The van der Waals surface area contributed by atoms with Gasteiger partial charge in [0.1, 0.15) is 5.82 Å². The Hall–Kier alpha value is -2.78. The highest BCUT2D eigenvalue weighted by Crippen LogP contribution is 2.35. The molecule has 0 radical (unpaired) electrons. The molecule has 35 heavy (non-hydrogen) atoms. The molecule has 1 unspecified atom stereocenters. The number of fused-ring (bicyclic) bond motifs is 1. The van der Waals surface area contributed by atoms with Gasteiger partial charge in [0.25, 0.3) is 5.91 Å². The van der Waals surface area contributed by atoms with E-state index in [2.05, 4.69) is 0 Å². The van der Waals surface area contributed by atoms with E-state index in [1.807, 2.05) is 0 Å². The van der Waals surface area contributed by atoms with Crippen molar-refractivity contribution < 1.29 is 32.3 Å². The fraction of sp³-hybridized carbons (Fsp3) is 0.333. The summed E-state index contributed by atoms with van der Waals surface area (Å²) in [6, 6.07) is 5.10. The van der Waals surface area contributed by atoms with E-state index < -0.39 is 35.5 Å². The summed E-state index contributed by atoms with van der Waals surface area (Å²) in [6.45, 7) is 0.295. The number of piperidine rings is 1. The Bertz CT molecular complexity index is 1310. The molecular formula is C24H20Cl2F4N2O3. The number of rotatable bonds is 5. The third-order valence-electron chi connectivity index (χ3n) is 6.18. The van der Waals surface area contributed by atoms with Crippen molar-refractivity contribution in [1.82, 2.24) is 9.47 Å². The van der Waals surface area contributed by atoms with Crippen LogP contribution < -0.4 is 0 Å². The number of carbonyl (C=O) groups excluding carboxylic acids is 1. The average molecular weight is 531 g/mol. The lowest BCUT2D eigenvalue weighted by Crippen LogP contribution is -2.44. The fourth-order valence-electron chi connectivity index (χ4n) is 4.51. The van der Waals surface area contributed by atoms with Crippen LogP contribution in [0.5, 0.6) is 0 Å². The highest BCUT2D eigenvalue weighted by molar-refractivity contribution is 6.38. The highest BCUT2D eigenvalue weighted by atomic mass is 35.5. The summed E-state index contributed by atoms with van der Waals surface area (Å²) in [4.78, 5) is 26.1. The molecule has 1 aromatic heterocycles. The van der Waals surface area contributed by atoms with Gasteiger partial charge in [-0.3, -0.25) is 9.59 Å². The zero-order valence-corrected chi connectivity index (χ0v) is 19.7. The van der Waals surface area contributed by atoms with E-state index >= 15 is 0 Å². The van der Waals surface area contributed by atoms with Crippen molar-refractivity contribution in [3.8, 4) is 0 Å². The molecule has 11 heteroatoms. The zero-order chi connectivity index (χ0) is 25.5. The first-order valence-electron chi connectivity index (χ1n) is 10.8. The van der Waals surface area contributed by atoms with Crippen molar-refractivity contribution in [3.63, 3.8) is 0 Å². The van der Waals surface area contributed by atoms with Gasteiger partial charge in [-0.1, -0.05) is 23.2 Å². The first-order valence-corrected chi connectivity index (χ1v) is 11.6. The summed E-state index contributed by atoms with van der Waals surface area (Å²) in [5.74, 6) is -2.49. The van der Waals surface area contributed by atoms with Crippen LogP contribution in [0.3, 0.4) is 0 Å². The van der Waals surface area contributed by atoms with E-state index in [9.17, 15) is 32.3 Å². The maximum atomic E-state index is 14.7. The third-order valence-corrected chi connectivity index (χ3v) is 6.97. The van der Waals surface area contributed by atoms with Gasteiger partial charge in [0.05, 0.1) is 34.6 Å². The number of hydrogen-bond acceptors (Lipinski definition) is 2. The Balaban J connectivity index is 1.69. The Morgan fingerprint density at radius 3 is 2.54 bits per heavy atom. The van der Waals surface area contributed by atoms with Crippen LogP contribution in [0.4, 0.5) is 17.6 Å². The van der Waals surface area contributed by atoms with Crippen molar-refractivity contribution in [2.75, 3.05) is 6.54 Å². The lowest BCUT2D eigenvalue weighted by Gasteiger charge is -2.35. The number of hydrogen-bond donors (Lipinski definition) is 1. The van der Waals surface area contributed by atoms with E-state index in [1.165, 1.54) is 33.9 Å². The standard InChI is InChI=1S/C24H20Cl2F4N2O3/c25-18-5-4-16(23(35)32-7-2-1-3-15(32)11-20(33)34)21(26)17(18)12-31-8-6-13-9-14(24(28,29)30)10-19(27)22(13)31/h4-6,8-10,15H,1-3,7,11-12H2,(H,33,34). The second-order valence-corrected chi connectivity index (χ2v) is 9.26. The van der Waals surface area contributed by atoms with E-state index in [4.69, 9.17) is 23.2 Å². The number of alkyl halides is 3. The number of carboxylic acids is 1. The number of carbonyl (C=O) groups is 2. The van der Waals surface area contributed by atoms with Crippen LogP contribution >= 0.6 is 23.2 Å². The van der Waals surface area contributed by atoms with Gasteiger partial charge in [-0.2, -0.15) is 13.2 Å². The summed E-state index contributed by atoms with van der Waals surface area (Å²) in [5.41, 5.74) is -0.733. The van der Waals surface area contributed by atoms with Crippen LogP contribution in [0.15, 0.2) is 36.5 Å². The minimum absolute atomic E-state index is 0.0244. The molecule has 0 spiro atoms. The molecule has 1 saturated heterocycles. The minimum Gasteiger partial charge on any atom is -0.481 e. The molecule has 1 N–H and O–H groups in total. The molecule has 2 aromatic carbocycles. The van der Waals surface area contributed by atoms with Crippen LogP contribution in [-0.4, -0.2) is 39.0 Å². The highest BCUT2D eigenvalue weighted by Gasteiger charge is 2.33. The predicted molar refractivity (Wildman–Crippen MR) is 123 cm³/mol. The topological polar surface area (TPSA) is 62.5 Å². The largest absolute Gasteiger partial charge is 0.481 e. The number of carboxylic acid groups (broad SMARTS) is 1. The summed E-state index contributed by atoms with van der Waals surface area (Å²) in [5, 5.41) is 9.49. The maximum Gasteiger partial charge on any atom is 0.416 e. The number of aliphatic carboxylic acids is 1. The van der Waals surface area contributed by atoms with Crippen molar-refractivity contribution in [2.24, 2.45) is 0 Å². The van der Waals surface area contributed by atoms with Gasteiger partial charge in [0.15, 0.2) is 0 Å². The monoisotopic (exact) mass is 530 g/mol. The Morgan fingerprint density at radius 1 is 1.11 bits per heavy atom. The van der Waals surface area contributed by atoms with E-state index in [1.54, 1.807) is 0 Å². The third kappa shape index (κ3) is 5.11. The molecule has 186 valence electrons. The molecule has 0 bridgehead atoms. The first kappa shape index (κ1) is 25.3. The Labute approximate surface area is 207 Å². The van der Waals surface area contributed by atoms with Gasteiger partial charge in [0.2, 0.25) is 0 Å². The van der Waals surface area contributed by atoms with E-state index in [0.29, 0.717) is 24.6 Å². The van der Waals surface area contributed by atoms with Gasteiger partial charge in [-0.05, 0) is 49.6 Å². The molecular weight excluding hydrogens is 511 g/mol.